The van der Waals surface area contributed by atoms with Gasteiger partial charge in [-0.1, -0.05) is 109 Å². The van der Waals surface area contributed by atoms with Gasteiger partial charge in [0.1, 0.15) is 26.2 Å². The highest BCUT2D eigenvalue weighted by atomic mass is 16.6. The number of hydrogen-bond acceptors (Lipinski definition) is 6. The minimum atomic E-state index is -0.669. The number of rotatable bonds is 30. The van der Waals surface area contributed by atoms with Crippen LogP contribution in [0.3, 0.4) is 0 Å². The number of methoxy groups -OCH3 is 2. The normalized spacial score (nSPS) is 20.8. The molecule has 0 saturated carbocycles. The molecule has 0 aromatic carbocycles. The van der Waals surface area contributed by atoms with Crippen LogP contribution in [0.15, 0.2) is 0 Å². The van der Waals surface area contributed by atoms with E-state index in [4.69, 9.17) is 31.9 Å². The number of ether oxygens (including phenoxy) is 4. The van der Waals surface area contributed by atoms with Crippen LogP contribution < -0.4 is 5.32 Å². The van der Waals surface area contributed by atoms with E-state index in [1.165, 1.54) is 96.3 Å². The topological polar surface area (TPSA) is 103 Å². The van der Waals surface area contributed by atoms with Gasteiger partial charge in [0.2, 0.25) is 5.91 Å². The van der Waals surface area contributed by atoms with Crippen LogP contribution in [-0.4, -0.2) is 82.6 Å². The lowest BCUT2D eigenvalue weighted by atomic mass is 9.92. The van der Waals surface area contributed by atoms with Crippen LogP contribution in [0.1, 0.15) is 148 Å². The Balaban J connectivity index is 1.84. The molecule has 1 rings (SSSR count). The molecule has 1 fully saturated rings. The molecular weight excluding hydrogens is 545 g/mol. The summed E-state index contributed by atoms with van der Waals surface area (Å²) in [5, 5.41) is 11.7. The molecule has 0 bridgehead atoms. The van der Waals surface area contributed by atoms with Crippen molar-refractivity contribution < 1.29 is 33.6 Å². The van der Waals surface area contributed by atoms with Gasteiger partial charge in [0.25, 0.3) is 0 Å². The number of unbranched alkanes of at least 4 members (excludes halogenated alkanes) is 18. The first-order valence-electron chi connectivity index (χ1n) is 17.4. The maximum atomic E-state index is 12.3. The summed E-state index contributed by atoms with van der Waals surface area (Å²) in [7, 11) is 9.32. The van der Waals surface area contributed by atoms with Crippen LogP contribution >= 0.6 is 0 Å². The summed E-state index contributed by atoms with van der Waals surface area (Å²) in [4.78, 5) is 22.8. The minimum Gasteiger partial charge on any atom is -0.481 e. The summed E-state index contributed by atoms with van der Waals surface area (Å²) in [6.07, 6.45) is 24.5. The molecular formula is C34H64BNO7. The quantitative estimate of drug-likeness (QED) is 0.0662. The Kier molecular flexibility index (Phi) is 25.2. The lowest BCUT2D eigenvalue weighted by molar-refractivity contribution is -0.137. The smallest absolute Gasteiger partial charge is 0.303 e. The first kappa shape index (κ1) is 39.9. The number of carbonyl (C=O) groups is 2. The van der Waals surface area contributed by atoms with Crippen molar-refractivity contribution in [3.8, 4) is 0 Å². The van der Waals surface area contributed by atoms with Gasteiger partial charge in [-0.25, -0.2) is 0 Å². The first-order chi connectivity index (χ1) is 20.9. The molecule has 8 nitrogen and oxygen atoms in total. The van der Waals surface area contributed by atoms with Crippen molar-refractivity contribution in [2.75, 3.05) is 27.4 Å². The van der Waals surface area contributed by atoms with Gasteiger partial charge >= 0.3 is 5.97 Å². The monoisotopic (exact) mass is 609 g/mol. The van der Waals surface area contributed by atoms with E-state index in [0.717, 1.165) is 25.7 Å². The summed E-state index contributed by atoms with van der Waals surface area (Å²) < 4.78 is 22.4. The van der Waals surface area contributed by atoms with Crippen LogP contribution in [0.4, 0.5) is 0 Å². The molecule has 2 N–H and O–H groups in total. The Labute approximate surface area is 264 Å². The van der Waals surface area contributed by atoms with E-state index >= 15 is 0 Å². The Morgan fingerprint density at radius 3 is 1.60 bits per heavy atom. The molecule has 0 aromatic rings. The van der Waals surface area contributed by atoms with Gasteiger partial charge < -0.3 is 29.4 Å². The standard InChI is InChI=1S/C34H64BNO7/c1-28(25-26-42-33-32(41-3)29(27-40-2)43-34(33)35)36-30(37)23-21-19-17-15-13-11-9-7-5-4-6-8-10-12-14-16-18-20-22-24-31(38)39/h28-29,32-34H,4-27H2,1-3H3,(H,36,37)(H,38,39). The van der Waals surface area contributed by atoms with Gasteiger partial charge in [-0.3, -0.25) is 9.59 Å². The third-order valence-electron chi connectivity index (χ3n) is 8.51. The van der Waals surface area contributed by atoms with E-state index in [0.29, 0.717) is 32.5 Å². The Morgan fingerprint density at radius 1 is 0.744 bits per heavy atom. The van der Waals surface area contributed by atoms with Crippen LogP contribution in [-0.2, 0) is 28.5 Å². The molecule has 0 aromatic heterocycles. The highest BCUT2D eigenvalue weighted by Crippen LogP contribution is 2.25. The zero-order chi connectivity index (χ0) is 31.5. The van der Waals surface area contributed by atoms with E-state index in [1.807, 2.05) is 6.92 Å². The Bertz CT molecular complexity index is 683. The molecule has 1 aliphatic heterocycles. The molecule has 2 radical (unpaired) electrons. The molecule has 9 heteroatoms. The van der Waals surface area contributed by atoms with Crippen molar-refractivity contribution in [3.63, 3.8) is 0 Å². The average Bonchev–Trinajstić information content (AvgIpc) is 3.27. The first-order valence-corrected chi connectivity index (χ1v) is 17.4. The summed E-state index contributed by atoms with van der Waals surface area (Å²) >= 11 is 0. The van der Waals surface area contributed by atoms with Crippen LogP contribution in [0.2, 0.25) is 0 Å². The molecule has 1 saturated heterocycles. The maximum Gasteiger partial charge on any atom is 0.303 e. The molecule has 1 heterocycles. The molecule has 43 heavy (non-hydrogen) atoms. The summed E-state index contributed by atoms with van der Waals surface area (Å²) in [5.74, 6) is -0.551. The van der Waals surface area contributed by atoms with Gasteiger partial charge in [-0.05, 0) is 26.2 Å². The van der Waals surface area contributed by atoms with Gasteiger partial charge in [-0.2, -0.15) is 0 Å². The summed E-state index contributed by atoms with van der Waals surface area (Å²) in [6, 6.07) is -0.506. The second-order valence-electron chi connectivity index (χ2n) is 12.5. The van der Waals surface area contributed by atoms with Gasteiger partial charge in [-0.15, -0.1) is 0 Å². The number of carboxylic acids is 1. The van der Waals surface area contributed by atoms with Crippen LogP contribution in [0, 0.1) is 0 Å². The highest BCUT2D eigenvalue weighted by Gasteiger charge is 2.43. The number of aliphatic carboxylic acids is 1. The molecule has 5 atom stereocenters. The van der Waals surface area contributed by atoms with Crippen LogP contribution in [0.5, 0.6) is 0 Å². The second kappa shape index (κ2) is 27.2. The van der Waals surface area contributed by atoms with E-state index in [2.05, 4.69) is 5.32 Å². The molecule has 0 spiro atoms. The lowest BCUT2D eigenvalue weighted by Gasteiger charge is -2.23. The lowest BCUT2D eigenvalue weighted by Crippen LogP contribution is -2.39. The van der Waals surface area contributed by atoms with Crippen LogP contribution in [0.25, 0.3) is 0 Å². The van der Waals surface area contributed by atoms with Crippen molar-refractivity contribution in [1.29, 1.82) is 0 Å². The van der Waals surface area contributed by atoms with E-state index < -0.39 is 12.0 Å². The van der Waals surface area contributed by atoms with E-state index in [-0.39, 0.29) is 30.3 Å². The van der Waals surface area contributed by atoms with Crippen molar-refractivity contribution in [2.45, 2.75) is 179 Å². The fourth-order valence-electron chi connectivity index (χ4n) is 5.90. The zero-order valence-corrected chi connectivity index (χ0v) is 27.8. The predicted octanol–water partition coefficient (Wildman–Crippen LogP) is 7.10. The van der Waals surface area contributed by atoms with Crippen molar-refractivity contribution in [3.05, 3.63) is 0 Å². The molecule has 1 aliphatic rings. The fourth-order valence-corrected chi connectivity index (χ4v) is 5.90. The van der Waals surface area contributed by atoms with Crippen molar-refractivity contribution in [1.82, 2.24) is 5.32 Å². The number of nitrogens with one attached hydrogen (secondary N) is 1. The zero-order valence-electron chi connectivity index (χ0n) is 27.8. The Hall–Kier alpha value is -1.16. The minimum absolute atomic E-state index is 0.0426. The molecule has 5 unspecified atom stereocenters. The molecule has 1 amide bonds. The average molecular weight is 610 g/mol. The number of carboxylic acid groups (broad SMARTS) is 1. The number of carbonyl (C=O) groups excluding carboxylic acids is 1. The van der Waals surface area contributed by atoms with Gasteiger partial charge in [0, 0.05) is 45.7 Å². The van der Waals surface area contributed by atoms with Crippen molar-refractivity contribution in [2.24, 2.45) is 0 Å². The van der Waals surface area contributed by atoms with Gasteiger partial charge in [0.05, 0.1) is 6.61 Å². The summed E-state index contributed by atoms with van der Waals surface area (Å²) in [5.41, 5.74) is 0. The third-order valence-corrected chi connectivity index (χ3v) is 8.51. The van der Waals surface area contributed by atoms with Gasteiger partial charge in [0.15, 0.2) is 0 Å². The molecule has 0 aliphatic carbocycles. The predicted molar refractivity (Wildman–Crippen MR) is 174 cm³/mol. The number of amides is 1. The molecule has 250 valence electrons. The Morgan fingerprint density at radius 2 is 1.19 bits per heavy atom. The van der Waals surface area contributed by atoms with E-state index in [1.54, 1.807) is 14.2 Å². The maximum absolute atomic E-state index is 12.3. The fraction of sp³-hybridized carbons (Fsp3) is 0.941. The third kappa shape index (κ3) is 21.3. The largest absolute Gasteiger partial charge is 0.481 e. The summed E-state index contributed by atoms with van der Waals surface area (Å²) in [6.45, 7) is 2.89. The number of hydrogen-bond donors (Lipinski definition) is 2. The second-order valence-corrected chi connectivity index (χ2v) is 12.5. The van der Waals surface area contributed by atoms with E-state index in [9.17, 15) is 9.59 Å². The SMILES string of the molecule is [B]C1OC(COC)C(OC)C1OCCC(C)NC(=O)CCCCCCCCCCCCCCCCCCCCCC(=O)O. The highest BCUT2D eigenvalue weighted by molar-refractivity contribution is 6.11. The van der Waals surface area contributed by atoms with Crippen molar-refractivity contribution >= 4 is 19.7 Å².